The van der Waals surface area contributed by atoms with Crippen molar-refractivity contribution in [1.29, 1.82) is 0 Å². The van der Waals surface area contributed by atoms with Crippen molar-refractivity contribution in [3.8, 4) is 0 Å². The van der Waals surface area contributed by atoms with Gasteiger partial charge >= 0.3 is 11.9 Å². The maximum atomic E-state index is 12.8. The van der Waals surface area contributed by atoms with E-state index in [0.717, 1.165) is 5.57 Å². The summed E-state index contributed by atoms with van der Waals surface area (Å²) >= 11 is 0. The number of ether oxygens (including phenoxy) is 4. The molecule has 0 aromatic carbocycles. The van der Waals surface area contributed by atoms with Crippen molar-refractivity contribution in [3.05, 3.63) is 11.6 Å². The molecule has 10 atom stereocenters. The van der Waals surface area contributed by atoms with Gasteiger partial charge in [0.25, 0.3) is 0 Å². The Morgan fingerprint density at radius 1 is 1.27 bits per heavy atom. The average Bonchev–Trinajstić information content (AvgIpc) is 3.48. The topological polar surface area (TPSA) is 118 Å². The highest BCUT2D eigenvalue weighted by atomic mass is 16.7. The summed E-state index contributed by atoms with van der Waals surface area (Å²) in [4.78, 5) is 25.1. The lowest BCUT2D eigenvalue weighted by Gasteiger charge is -2.52. The van der Waals surface area contributed by atoms with Crippen molar-refractivity contribution < 1.29 is 38.7 Å². The van der Waals surface area contributed by atoms with Crippen LogP contribution in [0.25, 0.3) is 0 Å². The van der Waals surface area contributed by atoms with Gasteiger partial charge < -0.3 is 29.2 Å². The molecule has 2 aliphatic carbocycles. The first-order chi connectivity index (χ1) is 12.3. The summed E-state index contributed by atoms with van der Waals surface area (Å²) in [5, 5.41) is 19.7. The number of aliphatic hydroxyl groups is 2. The lowest BCUT2D eigenvalue weighted by Crippen LogP contribution is -2.63. The van der Waals surface area contributed by atoms with Gasteiger partial charge in [-0.2, -0.15) is 0 Å². The van der Waals surface area contributed by atoms with E-state index in [9.17, 15) is 19.8 Å². The first kappa shape index (κ1) is 15.6. The van der Waals surface area contributed by atoms with Crippen LogP contribution in [0.3, 0.4) is 0 Å². The first-order valence-corrected chi connectivity index (χ1v) is 9.05. The van der Waals surface area contributed by atoms with Crippen molar-refractivity contribution in [2.75, 3.05) is 6.61 Å². The number of rotatable bonds is 2. The number of cyclic esters (lactones) is 1. The predicted molar refractivity (Wildman–Crippen MR) is 81.5 cm³/mol. The second kappa shape index (κ2) is 4.16. The molecule has 0 radical (unpaired) electrons. The van der Waals surface area contributed by atoms with Gasteiger partial charge in [-0.3, -0.25) is 4.79 Å². The molecule has 3 saturated heterocycles. The SMILES string of the molecule is CC12CC3OC3C3(C)C(=O)OC(C13)C1OC13C2=CC(=O)OC3C(O)CO. The quantitative estimate of drug-likeness (QED) is 0.477. The fraction of sp³-hybridized carbons (Fsp3) is 0.778. The molecule has 4 heterocycles. The molecule has 8 heteroatoms. The molecule has 2 N–H and O–H groups in total. The second-order valence-corrected chi connectivity index (χ2v) is 8.84. The summed E-state index contributed by atoms with van der Waals surface area (Å²) in [6.45, 7) is 3.35. The summed E-state index contributed by atoms with van der Waals surface area (Å²) in [5.41, 5.74) is -1.63. The number of carbonyl (C=O) groups is 2. The zero-order valence-electron chi connectivity index (χ0n) is 14.4. The number of fused-ring (bicyclic) bond motifs is 4. The third kappa shape index (κ3) is 1.39. The standard InChI is InChI=1S/C18H20O8/c1-16-4-7-13(23-7)17(2)11(16)10(25-15(17)22)14-18(26-14)8(16)3-9(21)24-12(18)6(20)5-19/h3,6-7,10-14,19-20H,4-5H2,1-2H3. The fourth-order valence-corrected chi connectivity index (χ4v) is 6.62. The van der Waals surface area contributed by atoms with Crippen LogP contribution in [-0.4, -0.2) is 71.0 Å². The van der Waals surface area contributed by atoms with Crippen LogP contribution < -0.4 is 0 Å². The van der Waals surface area contributed by atoms with E-state index in [2.05, 4.69) is 0 Å². The van der Waals surface area contributed by atoms with E-state index in [1.165, 1.54) is 6.08 Å². The average molecular weight is 364 g/mol. The Bertz CT molecular complexity index is 792. The third-order valence-corrected chi connectivity index (χ3v) is 7.63. The van der Waals surface area contributed by atoms with Gasteiger partial charge in [0.1, 0.15) is 29.8 Å². The van der Waals surface area contributed by atoms with Crippen LogP contribution in [0.15, 0.2) is 11.6 Å². The van der Waals surface area contributed by atoms with Crippen molar-refractivity contribution in [2.24, 2.45) is 16.7 Å². The van der Waals surface area contributed by atoms with Gasteiger partial charge in [-0.05, 0) is 18.9 Å². The molecule has 0 aromatic heterocycles. The predicted octanol–water partition coefficient (Wildman–Crippen LogP) is -0.932. The smallest absolute Gasteiger partial charge is 0.331 e. The summed E-state index contributed by atoms with van der Waals surface area (Å²) in [7, 11) is 0. The third-order valence-electron chi connectivity index (χ3n) is 7.63. The molecule has 2 saturated carbocycles. The molecular formula is C18H20O8. The van der Waals surface area contributed by atoms with E-state index in [0.29, 0.717) is 6.42 Å². The van der Waals surface area contributed by atoms with E-state index in [-0.39, 0.29) is 24.1 Å². The molecule has 0 amide bonds. The number of epoxide rings is 2. The number of hydrogen-bond donors (Lipinski definition) is 2. The number of aliphatic hydroxyl groups excluding tert-OH is 2. The Labute approximate surface area is 149 Å². The van der Waals surface area contributed by atoms with Gasteiger partial charge in [0.05, 0.1) is 12.7 Å². The van der Waals surface area contributed by atoms with Gasteiger partial charge in [-0.15, -0.1) is 0 Å². The zero-order valence-corrected chi connectivity index (χ0v) is 14.4. The first-order valence-electron chi connectivity index (χ1n) is 9.05. The highest BCUT2D eigenvalue weighted by Gasteiger charge is 2.87. The van der Waals surface area contributed by atoms with Crippen molar-refractivity contribution >= 4 is 11.9 Å². The van der Waals surface area contributed by atoms with Crippen LogP contribution in [0.5, 0.6) is 0 Å². The minimum Gasteiger partial charge on any atom is -0.459 e. The van der Waals surface area contributed by atoms with Gasteiger partial charge in [-0.25, -0.2) is 4.79 Å². The Morgan fingerprint density at radius 3 is 2.77 bits per heavy atom. The molecule has 10 unspecified atom stereocenters. The van der Waals surface area contributed by atoms with Crippen LogP contribution in [0.2, 0.25) is 0 Å². The molecule has 5 fully saturated rings. The molecule has 4 aliphatic heterocycles. The maximum absolute atomic E-state index is 12.8. The minimum atomic E-state index is -1.27. The molecule has 8 nitrogen and oxygen atoms in total. The van der Waals surface area contributed by atoms with E-state index in [1.807, 2.05) is 13.8 Å². The minimum absolute atomic E-state index is 0.0556. The van der Waals surface area contributed by atoms with Gasteiger partial charge in [0.2, 0.25) is 0 Å². The summed E-state index contributed by atoms with van der Waals surface area (Å²) in [5.74, 6) is -1.03. The fourth-order valence-electron chi connectivity index (χ4n) is 6.62. The Kier molecular flexibility index (Phi) is 2.49. The molecule has 140 valence electrons. The van der Waals surface area contributed by atoms with Crippen LogP contribution in [0.1, 0.15) is 20.3 Å². The van der Waals surface area contributed by atoms with E-state index < -0.39 is 53.4 Å². The van der Waals surface area contributed by atoms with Crippen LogP contribution in [0, 0.1) is 16.7 Å². The Balaban J connectivity index is 1.56. The van der Waals surface area contributed by atoms with Crippen molar-refractivity contribution in [3.63, 3.8) is 0 Å². The molecule has 6 rings (SSSR count). The lowest BCUT2D eigenvalue weighted by molar-refractivity contribution is -0.161. The molecule has 1 spiro atoms. The summed E-state index contributed by atoms with van der Waals surface area (Å²) in [6, 6.07) is 0. The number of esters is 2. The Morgan fingerprint density at radius 2 is 2.04 bits per heavy atom. The Hall–Kier alpha value is -1.48. The van der Waals surface area contributed by atoms with Crippen molar-refractivity contribution in [2.45, 2.75) is 62.5 Å². The normalized spacial score (nSPS) is 59.0. The molecule has 0 aromatic rings. The maximum Gasteiger partial charge on any atom is 0.331 e. The largest absolute Gasteiger partial charge is 0.459 e. The van der Waals surface area contributed by atoms with Gasteiger partial charge in [-0.1, -0.05) is 6.92 Å². The van der Waals surface area contributed by atoms with Gasteiger partial charge in [0, 0.05) is 17.4 Å². The highest BCUT2D eigenvalue weighted by molar-refractivity contribution is 5.87. The zero-order chi connectivity index (χ0) is 18.2. The number of carbonyl (C=O) groups excluding carboxylic acids is 2. The number of hydrogen-bond acceptors (Lipinski definition) is 8. The van der Waals surface area contributed by atoms with Crippen molar-refractivity contribution in [1.82, 2.24) is 0 Å². The monoisotopic (exact) mass is 364 g/mol. The molecule has 0 bridgehead atoms. The second-order valence-electron chi connectivity index (χ2n) is 8.84. The summed E-state index contributed by atoms with van der Waals surface area (Å²) < 4.78 is 23.0. The van der Waals surface area contributed by atoms with E-state index >= 15 is 0 Å². The van der Waals surface area contributed by atoms with E-state index in [1.54, 1.807) is 0 Å². The lowest BCUT2D eigenvalue weighted by atomic mass is 9.47. The highest BCUT2D eigenvalue weighted by Crippen LogP contribution is 2.75. The van der Waals surface area contributed by atoms with Crippen LogP contribution in [0.4, 0.5) is 0 Å². The molecule has 6 aliphatic rings. The van der Waals surface area contributed by atoms with Crippen LogP contribution >= 0.6 is 0 Å². The van der Waals surface area contributed by atoms with E-state index in [4.69, 9.17) is 18.9 Å². The van der Waals surface area contributed by atoms with Gasteiger partial charge in [0.15, 0.2) is 11.7 Å². The molecule has 26 heavy (non-hydrogen) atoms. The molecular weight excluding hydrogens is 344 g/mol. The van der Waals surface area contributed by atoms with Crippen LogP contribution in [-0.2, 0) is 28.5 Å². The summed E-state index contributed by atoms with van der Waals surface area (Å²) in [6.07, 6.45) is -1.38.